The molecule has 1 aliphatic rings. The van der Waals surface area contributed by atoms with Gasteiger partial charge in [0.25, 0.3) is 0 Å². The van der Waals surface area contributed by atoms with Gasteiger partial charge in [-0.2, -0.15) is 0 Å². The van der Waals surface area contributed by atoms with E-state index in [1.807, 2.05) is 52.1 Å². The van der Waals surface area contributed by atoms with Gasteiger partial charge >= 0.3 is 6.09 Å². The molecule has 2 amide bonds. The Bertz CT molecular complexity index is 1180. The van der Waals surface area contributed by atoms with Gasteiger partial charge in [-0.25, -0.2) is 9.78 Å². The number of nitrogens with one attached hydrogen (secondary N) is 1. The van der Waals surface area contributed by atoms with E-state index >= 15 is 0 Å². The number of hydrogen-bond donors (Lipinski definition) is 1. The van der Waals surface area contributed by atoms with Crippen molar-refractivity contribution in [2.45, 2.75) is 52.7 Å². The normalized spacial score (nSPS) is 15.7. The number of hydrogen-bond acceptors (Lipinski definition) is 6. The average molecular weight is 465 g/mol. The van der Waals surface area contributed by atoms with Gasteiger partial charge in [0.05, 0.1) is 5.69 Å². The third-order valence-electron chi connectivity index (χ3n) is 5.26. The molecule has 1 fully saturated rings. The Hall–Kier alpha value is -3.26. The number of benzene rings is 1. The van der Waals surface area contributed by atoms with Gasteiger partial charge in [0.1, 0.15) is 11.6 Å². The summed E-state index contributed by atoms with van der Waals surface area (Å²) in [5.74, 6) is -0.246. The van der Waals surface area contributed by atoms with E-state index in [-0.39, 0.29) is 5.91 Å². The van der Waals surface area contributed by atoms with Crippen LogP contribution in [-0.2, 0) is 9.53 Å². The highest BCUT2D eigenvalue weighted by atomic mass is 32.1. The number of likely N-dealkylation sites (tertiary alicyclic amines) is 1. The Morgan fingerprint density at radius 1 is 1.06 bits per heavy atom. The maximum Gasteiger partial charge on any atom is 0.410 e. The third kappa shape index (κ3) is 5.39. The smallest absolute Gasteiger partial charge is 0.410 e. The fourth-order valence-electron chi connectivity index (χ4n) is 3.71. The van der Waals surface area contributed by atoms with Gasteiger partial charge in [0, 0.05) is 28.9 Å². The molecule has 0 unspecified atom stereocenters. The second-order valence-electron chi connectivity index (χ2n) is 9.22. The van der Waals surface area contributed by atoms with Crippen LogP contribution in [0, 0.1) is 13.8 Å². The van der Waals surface area contributed by atoms with Gasteiger partial charge in [0.2, 0.25) is 5.91 Å². The van der Waals surface area contributed by atoms with Crippen LogP contribution in [0.1, 0.15) is 38.6 Å². The number of aryl methyl sites for hydroxylation is 2. The molecule has 33 heavy (non-hydrogen) atoms. The number of thiazole rings is 1. The zero-order valence-electron chi connectivity index (χ0n) is 19.5. The molecule has 0 saturated carbocycles. The van der Waals surface area contributed by atoms with Crippen molar-refractivity contribution in [3.63, 3.8) is 0 Å². The molecule has 4 rings (SSSR count). The number of carbonyl (C=O) groups is 2. The Kier molecular flexibility index (Phi) is 6.21. The molecule has 0 bridgehead atoms. The summed E-state index contributed by atoms with van der Waals surface area (Å²) in [5.41, 5.74) is 5.31. The molecule has 3 heterocycles. The van der Waals surface area contributed by atoms with Crippen LogP contribution in [0.15, 0.2) is 41.8 Å². The van der Waals surface area contributed by atoms with Crippen molar-refractivity contribution in [2.75, 3.05) is 11.9 Å². The maximum absolute atomic E-state index is 12.7. The summed E-state index contributed by atoms with van der Waals surface area (Å²) in [7, 11) is 0. The van der Waals surface area contributed by atoms with E-state index in [0.29, 0.717) is 18.1 Å². The van der Waals surface area contributed by atoms with Crippen LogP contribution in [-0.4, -0.2) is 45.1 Å². The van der Waals surface area contributed by atoms with Crippen molar-refractivity contribution >= 4 is 28.5 Å². The average Bonchev–Trinajstić information content (AvgIpc) is 3.13. The first-order valence-electron chi connectivity index (χ1n) is 10.9. The van der Waals surface area contributed by atoms with Gasteiger partial charge < -0.3 is 10.1 Å². The minimum absolute atomic E-state index is 0.246. The van der Waals surface area contributed by atoms with Crippen molar-refractivity contribution in [3.05, 3.63) is 53.2 Å². The number of anilines is 1. The van der Waals surface area contributed by atoms with E-state index in [2.05, 4.69) is 39.6 Å². The van der Waals surface area contributed by atoms with Gasteiger partial charge in [-0.1, -0.05) is 18.2 Å². The van der Waals surface area contributed by atoms with E-state index in [0.717, 1.165) is 33.8 Å². The molecule has 2 aromatic heterocycles. The Balaban J connectivity index is 1.45. The van der Waals surface area contributed by atoms with Crippen molar-refractivity contribution < 1.29 is 14.3 Å². The molecule has 8 heteroatoms. The summed E-state index contributed by atoms with van der Waals surface area (Å²) in [6, 6.07) is 11.7. The summed E-state index contributed by atoms with van der Waals surface area (Å²) in [6.07, 6.45) is 0.142. The number of ether oxygens (including phenoxy) is 1. The standard InChI is InChI=1S/C25H28N4O3S/c1-15-11-19(12-16(2)26-15)17-7-6-8-18(13-17)20-14-33-23(27-20)28-22(30)21-9-10-29(21)24(31)32-25(3,4)5/h6-8,11-14,21H,9-10H2,1-5H3,(H,27,28,30)/t21-/m0/s1. The first-order valence-corrected chi connectivity index (χ1v) is 11.8. The van der Waals surface area contributed by atoms with Crippen LogP contribution in [0.4, 0.5) is 9.93 Å². The number of rotatable bonds is 4. The van der Waals surface area contributed by atoms with Crippen LogP contribution < -0.4 is 5.32 Å². The van der Waals surface area contributed by atoms with Crippen LogP contribution >= 0.6 is 11.3 Å². The highest BCUT2D eigenvalue weighted by Crippen LogP contribution is 2.30. The predicted molar refractivity (Wildman–Crippen MR) is 130 cm³/mol. The lowest BCUT2D eigenvalue weighted by atomic mass is 10.0. The summed E-state index contributed by atoms with van der Waals surface area (Å²) in [5, 5.41) is 5.28. The fourth-order valence-corrected chi connectivity index (χ4v) is 4.43. The van der Waals surface area contributed by atoms with Gasteiger partial charge in [0.15, 0.2) is 5.13 Å². The molecule has 1 aromatic carbocycles. The van der Waals surface area contributed by atoms with Crippen LogP contribution in [0.25, 0.3) is 22.4 Å². The highest BCUT2D eigenvalue weighted by Gasteiger charge is 2.40. The van der Waals surface area contributed by atoms with Gasteiger partial charge in [-0.05, 0) is 70.4 Å². The van der Waals surface area contributed by atoms with Gasteiger partial charge in [-0.3, -0.25) is 14.7 Å². The molecule has 1 N–H and O–H groups in total. The maximum atomic E-state index is 12.7. The van der Waals surface area contributed by atoms with Crippen molar-refractivity contribution in [2.24, 2.45) is 0 Å². The van der Waals surface area contributed by atoms with Crippen molar-refractivity contribution in [1.82, 2.24) is 14.9 Å². The zero-order valence-corrected chi connectivity index (χ0v) is 20.3. The van der Waals surface area contributed by atoms with Crippen molar-refractivity contribution in [1.29, 1.82) is 0 Å². The minimum Gasteiger partial charge on any atom is -0.444 e. The number of amides is 2. The van der Waals surface area contributed by atoms with E-state index in [4.69, 9.17) is 4.74 Å². The largest absolute Gasteiger partial charge is 0.444 e. The van der Waals surface area contributed by atoms with Gasteiger partial charge in [-0.15, -0.1) is 11.3 Å². The van der Waals surface area contributed by atoms with Crippen molar-refractivity contribution in [3.8, 4) is 22.4 Å². The molecule has 172 valence electrons. The van der Waals surface area contributed by atoms with E-state index < -0.39 is 17.7 Å². The molecular weight excluding hydrogens is 436 g/mol. The number of nitrogens with zero attached hydrogens (tertiary/aromatic N) is 3. The Morgan fingerprint density at radius 2 is 1.76 bits per heavy atom. The molecule has 0 spiro atoms. The first kappa shape index (κ1) is 22.9. The molecule has 0 aliphatic carbocycles. The quantitative estimate of drug-likeness (QED) is 0.556. The molecule has 0 radical (unpaired) electrons. The second-order valence-corrected chi connectivity index (χ2v) is 10.1. The monoisotopic (exact) mass is 464 g/mol. The van der Waals surface area contributed by atoms with Crippen LogP contribution in [0.3, 0.4) is 0 Å². The molecule has 1 atom stereocenters. The summed E-state index contributed by atoms with van der Waals surface area (Å²) >= 11 is 1.36. The molecular formula is C25H28N4O3S. The second kappa shape index (κ2) is 8.94. The van der Waals surface area contributed by atoms with Crippen LogP contribution in [0.2, 0.25) is 0 Å². The highest BCUT2D eigenvalue weighted by molar-refractivity contribution is 7.14. The fraction of sp³-hybridized carbons (Fsp3) is 0.360. The molecule has 1 saturated heterocycles. The summed E-state index contributed by atoms with van der Waals surface area (Å²) in [6.45, 7) is 9.91. The topological polar surface area (TPSA) is 84.4 Å². The number of pyridine rings is 1. The lowest BCUT2D eigenvalue weighted by Crippen LogP contribution is -2.57. The SMILES string of the molecule is Cc1cc(-c2cccc(-c3csc(NC(=O)[C@@H]4CCN4C(=O)OC(C)(C)C)n3)c2)cc(C)n1. The van der Waals surface area contributed by atoms with Crippen LogP contribution in [0.5, 0.6) is 0 Å². The predicted octanol–water partition coefficient (Wildman–Crippen LogP) is 5.44. The minimum atomic E-state index is -0.597. The Labute approximate surface area is 197 Å². The molecule has 1 aliphatic heterocycles. The summed E-state index contributed by atoms with van der Waals surface area (Å²) in [4.78, 5) is 35.5. The molecule has 7 nitrogen and oxygen atoms in total. The molecule has 3 aromatic rings. The number of aromatic nitrogens is 2. The Morgan fingerprint density at radius 3 is 2.39 bits per heavy atom. The van der Waals surface area contributed by atoms with E-state index in [1.165, 1.54) is 16.2 Å². The first-order chi connectivity index (χ1) is 15.6. The lowest BCUT2D eigenvalue weighted by Gasteiger charge is -2.39. The lowest BCUT2D eigenvalue weighted by molar-refractivity contribution is -0.125. The zero-order chi connectivity index (χ0) is 23.8. The number of carbonyl (C=O) groups excluding carboxylic acids is 2. The van der Waals surface area contributed by atoms with E-state index in [1.54, 1.807) is 0 Å². The summed E-state index contributed by atoms with van der Waals surface area (Å²) < 4.78 is 5.39. The van der Waals surface area contributed by atoms with E-state index in [9.17, 15) is 9.59 Å². The third-order valence-corrected chi connectivity index (χ3v) is 6.02.